The molecule has 4 rings (SSSR count). The number of esters is 1. The van der Waals surface area contributed by atoms with Crippen LogP contribution in [0.4, 0.5) is 0 Å². The minimum absolute atomic E-state index is 0.00487. The lowest BCUT2D eigenvalue weighted by atomic mass is 9.72. The highest BCUT2D eigenvalue weighted by Crippen LogP contribution is 2.51. The Morgan fingerprint density at radius 2 is 2.03 bits per heavy atom. The van der Waals surface area contributed by atoms with Crippen LogP contribution in [-0.4, -0.2) is 5.97 Å². The summed E-state index contributed by atoms with van der Waals surface area (Å²) in [5.74, 6) is 1.75. The van der Waals surface area contributed by atoms with Crippen LogP contribution in [0.5, 0.6) is 5.75 Å². The number of fused-ring (bicyclic) bond motifs is 3. The van der Waals surface area contributed by atoms with Gasteiger partial charge in [-0.1, -0.05) is 54.4 Å². The van der Waals surface area contributed by atoms with Crippen molar-refractivity contribution in [2.45, 2.75) is 66.1 Å². The molecule has 160 valence electrons. The molecule has 1 aliphatic carbocycles. The van der Waals surface area contributed by atoms with Crippen LogP contribution in [0.2, 0.25) is 0 Å². The third-order valence-corrected chi connectivity index (χ3v) is 7.85. The van der Waals surface area contributed by atoms with Gasteiger partial charge in [0.25, 0.3) is 0 Å². The van der Waals surface area contributed by atoms with Gasteiger partial charge in [-0.05, 0) is 67.9 Å². The average molecular weight is 471 g/mol. The predicted octanol–water partition coefficient (Wildman–Crippen LogP) is 6.86. The standard InChI is InChI=1S/C26H31BrO3/c1-5-15(2)12-21-20-11-10-19-16(3)13-23(17(4)24(19)25(20)30-26(21)28)29-14-18-8-6-7-9-22(18)27/h6-9,13,15,20-21,25H,5,10-12,14H2,1-4H3/t15-,20+,21?,25?/m1/s1. The Morgan fingerprint density at radius 3 is 2.77 bits per heavy atom. The molecule has 2 aliphatic rings. The van der Waals surface area contributed by atoms with Crippen molar-refractivity contribution in [3.63, 3.8) is 0 Å². The number of rotatable bonds is 6. The number of ether oxygens (including phenoxy) is 2. The Balaban J connectivity index is 1.63. The second kappa shape index (κ2) is 8.74. The molecule has 0 saturated carbocycles. The van der Waals surface area contributed by atoms with E-state index in [2.05, 4.69) is 55.8 Å². The average Bonchev–Trinajstić information content (AvgIpc) is 3.05. The molecule has 0 aromatic heterocycles. The predicted molar refractivity (Wildman–Crippen MR) is 123 cm³/mol. The van der Waals surface area contributed by atoms with Crippen LogP contribution >= 0.6 is 15.9 Å². The molecular formula is C26H31BrO3. The molecule has 0 N–H and O–H groups in total. The highest BCUT2D eigenvalue weighted by Gasteiger charge is 2.48. The molecule has 4 heteroatoms. The minimum atomic E-state index is -0.124. The molecule has 1 aliphatic heterocycles. The summed E-state index contributed by atoms with van der Waals surface area (Å²) in [7, 11) is 0. The van der Waals surface area contributed by atoms with E-state index in [9.17, 15) is 4.79 Å². The van der Waals surface area contributed by atoms with E-state index in [1.165, 1.54) is 16.7 Å². The van der Waals surface area contributed by atoms with E-state index in [-0.39, 0.29) is 23.9 Å². The van der Waals surface area contributed by atoms with Crippen molar-refractivity contribution in [2.24, 2.45) is 17.8 Å². The minimum Gasteiger partial charge on any atom is -0.489 e. The Kier molecular flexibility index (Phi) is 6.24. The molecule has 0 bridgehead atoms. The second-order valence-corrected chi connectivity index (χ2v) is 9.86. The summed E-state index contributed by atoms with van der Waals surface area (Å²) in [5.41, 5.74) is 6.02. The van der Waals surface area contributed by atoms with Crippen LogP contribution in [0.1, 0.15) is 67.0 Å². The topological polar surface area (TPSA) is 35.5 Å². The van der Waals surface area contributed by atoms with E-state index in [0.29, 0.717) is 12.5 Å². The van der Waals surface area contributed by atoms with Crippen molar-refractivity contribution in [1.29, 1.82) is 0 Å². The van der Waals surface area contributed by atoms with Crippen LogP contribution in [0.25, 0.3) is 0 Å². The van der Waals surface area contributed by atoms with Gasteiger partial charge in [0.1, 0.15) is 18.5 Å². The van der Waals surface area contributed by atoms with Crippen LogP contribution in [-0.2, 0) is 22.6 Å². The van der Waals surface area contributed by atoms with Gasteiger partial charge >= 0.3 is 5.97 Å². The maximum Gasteiger partial charge on any atom is 0.310 e. The smallest absolute Gasteiger partial charge is 0.310 e. The van der Waals surface area contributed by atoms with Gasteiger partial charge in [0.2, 0.25) is 0 Å². The van der Waals surface area contributed by atoms with Gasteiger partial charge < -0.3 is 9.47 Å². The molecule has 3 nitrogen and oxygen atoms in total. The Bertz CT molecular complexity index is 952. The summed E-state index contributed by atoms with van der Waals surface area (Å²) < 4.78 is 13.3. The van der Waals surface area contributed by atoms with Crippen LogP contribution in [0.3, 0.4) is 0 Å². The number of hydrogen-bond acceptors (Lipinski definition) is 3. The van der Waals surface area contributed by atoms with E-state index in [1.54, 1.807) is 0 Å². The number of carbonyl (C=O) groups is 1. The van der Waals surface area contributed by atoms with E-state index >= 15 is 0 Å². The first kappa shape index (κ1) is 21.4. The second-order valence-electron chi connectivity index (χ2n) is 9.00. The van der Waals surface area contributed by atoms with Crippen LogP contribution in [0, 0.1) is 31.6 Å². The van der Waals surface area contributed by atoms with Crippen LogP contribution in [0.15, 0.2) is 34.8 Å². The van der Waals surface area contributed by atoms with Gasteiger partial charge in [0.05, 0.1) is 5.92 Å². The molecular weight excluding hydrogens is 440 g/mol. The molecule has 0 amide bonds. The first-order chi connectivity index (χ1) is 14.4. The zero-order valence-electron chi connectivity index (χ0n) is 18.3. The van der Waals surface area contributed by atoms with Crippen molar-refractivity contribution >= 4 is 21.9 Å². The van der Waals surface area contributed by atoms with Crippen molar-refractivity contribution in [3.8, 4) is 5.75 Å². The van der Waals surface area contributed by atoms with Crippen molar-refractivity contribution in [3.05, 3.63) is 62.6 Å². The summed E-state index contributed by atoms with van der Waals surface area (Å²) in [5, 5.41) is 0. The summed E-state index contributed by atoms with van der Waals surface area (Å²) in [6.07, 6.45) is 3.95. The number of carbonyl (C=O) groups excluding carboxylic acids is 1. The molecule has 1 saturated heterocycles. The molecule has 1 heterocycles. The number of hydrogen-bond donors (Lipinski definition) is 0. The van der Waals surface area contributed by atoms with Gasteiger partial charge in [0.15, 0.2) is 0 Å². The van der Waals surface area contributed by atoms with Gasteiger partial charge in [-0.3, -0.25) is 4.79 Å². The normalized spacial score (nSPS) is 23.5. The lowest BCUT2D eigenvalue weighted by Gasteiger charge is -2.32. The number of benzene rings is 2. The van der Waals surface area contributed by atoms with Gasteiger partial charge in [-0.15, -0.1) is 0 Å². The highest BCUT2D eigenvalue weighted by atomic mass is 79.9. The van der Waals surface area contributed by atoms with Gasteiger partial charge in [-0.2, -0.15) is 0 Å². The largest absolute Gasteiger partial charge is 0.489 e. The van der Waals surface area contributed by atoms with E-state index in [1.807, 2.05) is 18.2 Å². The molecule has 0 radical (unpaired) electrons. The van der Waals surface area contributed by atoms with Crippen molar-refractivity contribution in [2.75, 3.05) is 0 Å². The number of halogens is 1. The Hall–Kier alpha value is -1.81. The molecule has 2 aromatic rings. The fourth-order valence-corrected chi connectivity index (χ4v) is 5.49. The summed E-state index contributed by atoms with van der Waals surface area (Å²) in [6, 6.07) is 10.3. The summed E-state index contributed by atoms with van der Waals surface area (Å²) >= 11 is 3.60. The Morgan fingerprint density at radius 1 is 1.27 bits per heavy atom. The first-order valence-electron chi connectivity index (χ1n) is 11.1. The molecule has 0 spiro atoms. The summed E-state index contributed by atoms with van der Waals surface area (Å²) in [4.78, 5) is 12.8. The first-order valence-corrected chi connectivity index (χ1v) is 11.9. The van der Waals surface area contributed by atoms with E-state index in [4.69, 9.17) is 9.47 Å². The quantitative estimate of drug-likeness (QED) is 0.432. The zero-order chi connectivity index (χ0) is 21.4. The fraction of sp³-hybridized carbons (Fsp3) is 0.500. The highest BCUT2D eigenvalue weighted by molar-refractivity contribution is 9.10. The van der Waals surface area contributed by atoms with Crippen molar-refractivity contribution < 1.29 is 14.3 Å². The third-order valence-electron chi connectivity index (χ3n) is 7.08. The molecule has 1 fully saturated rings. The lowest BCUT2D eigenvalue weighted by molar-refractivity contribution is -0.145. The molecule has 30 heavy (non-hydrogen) atoms. The summed E-state index contributed by atoms with van der Waals surface area (Å²) in [6.45, 7) is 9.20. The van der Waals surface area contributed by atoms with Crippen LogP contribution < -0.4 is 4.74 Å². The fourth-order valence-electron chi connectivity index (χ4n) is 5.09. The lowest BCUT2D eigenvalue weighted by Crippen LogP contribution is -2.25. The SMILES string of the molecule is CC[C@@H](C)CC1C(=O)OC2c3c(C)c(OCc4ccccc4Br)cc(C)c3CC[C@@H]12. The van der Waals surface area contributed by atoms with Crippen molar-refractivity contribution in [1.82, 2.24) is 0 Å². The van der Waals surface area contributed by atoms with Gasteiger partial charge in [0, 0.05) is 21.5 Å². The third kappa shape index (κ3) is 3.91. The Labute approximate surface area is 188 Å². The molecule has 2 unspecified atom stereocenters. The molecule has 2 aromatic carbocycles. The van der Waals surface area contributed by atoms with E-state index in [0.717, 1.165) is 47.0 Å². The number of aryl methyl sites for hydroxylation is 1. The maximum absolute atomic E-state index is 12.8. The zero-order valence-corrected chi connectivity index (χ0v) is 19.9. The van der Waals surface area contributed by atoms with Gasteiger partial charge in [-0.25, -0.2) is 0 Å². The van der Waals surface area contributed by atoms with E-state index < -0.39 is 0 Å². The monoisotopic (exact) mass is 470 g/mol. The molecule has 4 atom stereocenters. The maximum atomic E-state index is 12.8.